The highest BCUT2D eigenvalue weighted by molar-refractivity contribution is 6.31. The van der Waals surface area contributed by atoms with Crippen LogP contribution in [0.3, 0.4) is 0 Å². The monoisotopic (exact) mass is 464 g/mol. The second-order valence-corrected chi connectivity index (χ2v) is 7.67. The third-order valence-electron chi connectivity index (χ3n) is 4.57. The van der Waals surface area contributed by atoms with Crippen LogP contribution in [0.2, 0.25) is 10.0 Å². The molecule has 0 spiro atoms. The molecule has 6 nitrogen and oxygen atoms in total. The summed E-state index contributed by atoms with van der Waals surface area (Å²) in [5.41, 5.74) is 5.98. The number of nitrogens with zero attached hydrogens (tertiary/aromatic N) is 2. The highest BCUT2D eigenvalue weighted by Gasteiger charge is 2.10. The highest BCUT2D eigenvalue weighted by atomic mass is 35.5. The molecule has 0 saturated carbocycles. The number of carbonyl (C=O) groups excluding carboxylic acids is 1. The largest absolute Gasteiger partial charge is 0.489 e. The number of aromatic nitrogens is 2. The lowest BCUT2D eigenvalue weighted by Gasteiger charge is -2.08. The lowest BCUT2D eigenvalue weighted by Crippen LogP contribution is -2.17. The first kappa shape index (κ1) is 21.6. The van der Waals surface area contributed by atoms with Crippen molar-refractivity contribution < 1.29 is 9.53 Å². The fourth-order valence-electron chi connectivity index (χ4n) is 2.86. The summed E-state index contributed by atoms with van der Waals surface area (Å²) >= 11 is 12.0. The summed E-state index contributed by atoms with van der Waals surface area (Å²) in [6, 6.07) is 23.7. The Morgan fingerprint density at radius 1 is 1.03 bits per heavy atom. The van der Waals surface area contributed by atoms with Gasteiger partial charge in [-0.3, -0.25) is 9.89 Å². The van der Waals surface area contributed by atoms with Crippen molar-refractivity contribution in [1.29, 1.82) is 0 Å². The average molecular weight is 465 g/mol. The average Bonchev–Trinajstić information content (AvgIpc) is 3.31. The first-order valence-electron chi connectivity index (χ1n) is 9.69. The van der Waals surface area contributed by atoms with Gasteiger partial charge in [0.25, 0.3) is 5.91 Å². The van der Waals surface area contributed by atoms with Gasteiger partial charge in [-0.1, -0.05) is 53.5 Å². The van der Waals surface area contributed by atoms with Gasteiger partial charge in [-0.2, -0.15) is 10.2 Å². The molecule has 0 aliphatic carbocycles. The fourth-order valence-corrected chi connectivity index (χ4v) is 3.18. The molecule has 160 valence electrons. The molecule has 1 heterocycles. The molecule has 8 heteroatoms. The minimum absolute atomic E-state index is 0.298. The van der Waals surface area contributed by atoms with Crippen molar-refractivity contribution >= 4 is 35.3 Å². The van der Waals surface area contributed by atoms with Crippen LogP contribution in [0.15, 0.2) is 84.0 Å². The Kier molecular flexibility index (Phi) is 6.84. The zero-order valence-corrected chi connectivity index (χ0v) is 18.3. The van der Waals surface area contributed by atoms with E-state index in [2.05, 4.69) is 20.7 Å². The number of ether oxygens (including phenoxy) is 1. The van der Waals surface area contributed by atoms with Gasteiger partial charge in [-0.05, 0) is 54.1 Å². The summed E-state index contributed by atoms with van der Waals surface area (Å²) < 4.78 is 5.79. The Hall–Kier alpha value is -3.61. The van der Waals surface area contributed by atoms with Gasteiger partial charge in [0.15, 0.2) is 0 Å². The molecule has 32 heavy (non-hydrogen) atoms. The maximum Gasteiger partial charge on any atom is 0.289 e. The minimum Gasteiger partial charge on any atom is -0.489 e. The van der Waals surface area contributed by atoms with Gasteiger partial charge in [0.05, 0.1) is 11.9 Å². The van der Waals surface area contributed by atoms with E-state index in [1.807, 2.05) is 48.5 Å². The molecule has 0 radical (unpaired) electrons. The van der Waals surface area contributed by atoms with Crippen LogP contribution in [-0.2, 0) is 6.61 Å². The highest BCUT2D eigenvalue weighted by Crippen LogP contribution is 2.23. The summed E-state index contributed by atoms with van der Waals surface area (Å²) in [6.07, 6.45) is 1.53. The van der Waals surface area contributed by atoms with E-state index >= 15 is 0 Å². The van der Waals surface area contributed by atoms with Gasteiger partial charge in [0, 0.05) is 21.2 Å². The van der Waals surface area contributed by atoms with Crippen LogP contribution >= 0.6 is 23.2 Å². The lowest BCUT2D eigenvalue weighted by molar-refractivity contribution is 0.0950. The summed E-state index contributed by atoms with van der Waals surface area (Å²) in [5.74, 6) is 0.312. The fraction of sp³-hybridized carbons (Fsp3) is 0.0417. The van der Waals surface area contributed by atoms with E-state index in [0.29, 0.717) is 33.8 Å². The molecular weight excluding hydrogens is 447 g/mol. The number of benzene rings is 3. The van der Waals surface area contributed by atoms with Crippen LogP contribution in [0.4, 0.5) is 0 Å². The molecule has 0 bridgehead atoms. The van der Waals surface area contributed by atoms with E-state index in [1.165, 1.54) is 6.21 Å². The molecule has 0 atom stereocenters. The van der Waals surface area contributed by atoms with Crippen molar-refractivity contribution in [1.82, 2.24) is 15.6 Å². The summed E-state index contributed by atoms with van der Waals surface area (Å²) in [6.45, 7) is 0.377. The smallest absolute Gasteiger partial charge is 0.289 e. The third kappa shape index (κ3) is 5.55. The zero-order valence-electron chi connectivity index (χ0n) is 16.8. The molecule has 1 amide bonds. The summed E-state index contributed by atoms with van der Waals surface area (Å²) in [5, 5.41) is 12.2. The maximum absolute atomic E-state index is 12.3. The van der Waals surface area contributed by atoms with E-state index in [0.717, 1.165) is 16.7 Å². The van der Waals surface area contributed by atoms with E-state index in [-0.39, 0.29) is 0 Å². The molecule has 0 unspecified atom stereocenters. The van der Waals surface area contributed by atoms with Crippen molar-refractivity contribution in [3.8, 4) is 17.0 Å². The number of hydrazone groups is 1. The van der Waals surface area contributed by atoms with Gasteiger partial charge in [0.1, 0.15) is 18.1 Å². The van der Waals surface area contributed by atoms with Crippen molar-refractivity contribution in [3.63, 3.8) is 0 Å². The number of H-pyrrole nitrogens is 1. The molecule has 0 aliphatic heterocycles. The molecule has 2 N–H and O–H groups in total. The van der Waals surface area contributed by atoms with Gasteiger partial charge in [0.2, 0.25) is 0 Å². The molecule has 1 aromatic heterocycles. The number of hydrogen-bond acceptors (Lipinski definition) is 4. The topological polar surface area (TPSA) is 79.4 Å². The Morgan fingerprint density at radius 2 is 1.78 bits per heavy atom. The van der Waals surface area contributed by atoms with Gasteiger partial charge < -0.3 is 4.74 Å². The SMILES string of the molecule is O=C(N/N=C/c1ccc(Cl)cc1)c1cc(-c2ccc(OCc3ccccc3Cl)cc2)n[nH]1. The number of aromatic amines is 1. The molecule has 4 aromatic rings. The van der Waals surface area contributed by atoms with Crippen LogP contribution in [0.1, 0.15) is 21.6 Å². The molecular formula is C24H18Cl2N4O2. The van der Waals surface area contributed by atoms with E-state index in [1.54, 1.807) is 30.3 Å². The number of nitrogens with one attached hydrogen (secondary N) is 2. The maximum atomic E-state index is 12.3. The van der Waals surface area contributed by atoms with Gasteiger partial charge in [-0.15, -0.1) is 0 Å². The van der Waals surface area contributed by atoms with E-state index in [4.69, 9.17) is 27.9 Å². The molecule has 0 saturated heterocycles. The zero-order chi connectivity index (χ0) is 22.3. The number of halogens is 2. The lowest BCUT2D eigenvalue weighted by atomic mass is 10.1. The predicted octanol–water partition coefficient (Wildman–Crippen LogP) is 5.73. The van der Waals surface area contributed by atoms with E-state index in [9.17, 15) is 4.79 Å². The van der Waals surface area contributed by atoms with Crippen LogP contribution in [0, 0.1) is 0 Å². The van der Waals surface area contributed by atoms with Crippen molar-refractivity contribution in [2.75, 3.05) is 0 Å². The van der Waals surface area contributed by atoms with E-state index < -0.39 is 5.91 Å². The quantitative estimate of drug-likeness (QED) is 0.270. The van der Waals surface area contributed by atoms with Crippen LogP contribution in [-0.4, -0.2) is 22.3 Å². The van der Waals surface area contributed by atoms with Gasteiger partial charge >= 0.3 is 0 Å². The standard InChI is InChI=1S/C24H18Cl2N4O2/c25-19-9-5-16(6-10-19)14-27-30-24(31)23-13-22(28-29-23)17-7-11-20(12-8-17)32-15-18-3-1-2-4-21(18)26/h1-14H,15H2,(H,28,29)(H,30,31)/b27-14+. The molecule has 0 aliphatic rings. The summed E-state index contributed by atoms with van der Waals surface area (Å²) in [4.78, 5) is 12.3. The van der Waals surface area contributed by atoms with Gasteiger partial charge in [-0.25, -0.2) is 5.43 Å². The first-order chi connectivity index (χ1) is 15.6. The normalized spacial score (nSPS) is 10.9. The number of amides is 1. The Balaban J connectivity index is 1.34. The van der Waals surface area contributed by atoms with Crippen molar-refractivity contribution in [2.45, 2.75) is 6.61 Å². The number of rotatable bonds is 7. The molecule has 3 aromatic carbocycles. The first-order valence-corrected chi connectivity index (χ1v) is 10.4. The minimum atomic E-state index is -0.395. The number of hydrogen-bond donors (Lipinski definition) is 2. The number of carbonyl (C=O) groups is 1. The Morgan fingerprint density at radius 3 is 2.53 bits per heavy atom. The van der Waals surface area contributed by atoms with Crippen LogP contribution in [0.25, 0.3) is 11.3 Å². The third-order valence-corrected chi connectivity index (χ3v) is 5.20. The van der Waals surface area contributed by atoms with Crippen molar-refractivity contribution in [2.24, 2.45) is 5.10 Å². The second kappa shape index (κ2) is 10.1. The Bertz CT molecular complexity index is 1240. The van der Waals surface area contributed by atoms with Crippen molar-refractivity contribution in [3.05, 3.63) is 106 Å². The van der Waals surface area contributed by atoms with Crippen LogP contribution in [0.5, 0.6) is 5.75 Å². The molecule has 0 fully saturated rings. The second-order valence-electron chi connectivity index (χ2n) is 6.82. The molecule has 4 rings (SSSR count). The summed E-state index contributed by atoms with van der Waals surface area (Å²) in [7, 11) is 0. The predicted molar refractivity (Wildman–Crippen MR) is 126 cm³/mol. The Labute approximate surface area is 194 Å². The van der Waals surface area contributed by atoms with Crippen LogP contribution < -0.4 is 10.2 Å².